The van der Waals surface area contributed by atoms with Crippen LogP contribution in [0.4, 0.5) is 11.5 Å². The topological polar surface area (TPSA) is 98.2 Å². The van der Waals surface area contributed by atoms with Gasteiger partial charge in [0.05, 0.1) is 4.92 Å². The normalized spacial score (nSPS) is 16.0. The Kier molecular flexibility index (Phi) is 3.74. The second kappa shape index (κ2) is 5.70. The van der Waals surface area contributed by atoms with Crippen LogP contribution in [0.2, 0.25) is 0 Å². The van der Waals surface area contributed by atoms with Crippen molar-refractivity contribution in [3.05, 3.63) is 39.7 Å². The molecule has 2 aromatic heterocycles. The van der Waals surface area contributed by atoms with Crippen LogP contribution in [0, 0.1) is 24.0 Å². The van der Waals surface area contributed by atoms with Crippen molar-refractivity contribution < 1.29 is 9.45 Å². The number of hydrogen-bond donors (Lipinski definition) is 0. The van der Waals surface area contributed by atoms with Gasteiger partial charge < -0.3 is 9.42 Å². The molecule has 0 aromatic carbocycles. The van der Waals surface area contributed by atoms with Gasteiger partial charge in [0.1, 0.15) is 12.0 Å². The van der Waals surface area contributed by atoms with E-state index in [2.05, 4.69) is 20.0 Å². The lowest BCUT2D eigenvalue weighted by molar-refractivity contribution is -0.385. The largest absolute Gasteiger partial charge is 0.357 e. The summed E-state index contributed by atoms with van der Waals surface area (Å²) in [6.07, 6.45) is 3.16. The van der Waals surface area contributed by atoms with E-state index in [9.17, 15) is 10.1 Å². The molecule has 0 N–H and O–H groups in total. The Balaban J connectivity index is 1.68. The highest BCUT2D eigenvalue weighted by Gasteiger charge is 2.25. The summed E-state index contributed by atoms with van der Waals surface area (Å²) in [5.74, 6) is 2.44. The second-order valence-corrected chi connectivity index (χ2v) is 5.52. The molecule has 8 heteroatoms. The van der Waals surface area contributed by atoms with Crippen LogP contribution in [-0.2, 0) is 0 Å². The smallest absolute Gasteiger partial charge is 0.290 e. The number of rotatable bonds is 3. The van der Waals surface area contributed by atoms with Gasteiger partial charge in [0.15, 0.2) is 5.82 Å². The van der Waals surface area contributed by atoms with Crippen molar-refractivity contribution >= 4 is 11.5 Å². The molecule has 0 bridgehead atoms. The maximum Gasteiger partial charge on any atom is 0.290 e. The van der Waals surface area contributed by atoms with Gasteiger partial charge in [0.25, 0.3) is 5.69 Å². The fourth-order valence-electron chi connectivity index (χ4n) is 2.75. The van der Waals surface area contributed by atoms with E-state index in [0.29, 0.717) is 17.4 Å². The van der Waals surface area contributed by atoms with Gasteiger partial charge >= 0.3 is 0 Å². The zero-order valence-corrected chi connectivity index (χ0v) is 12.5. The molecule has 0 spiro atoms. The predicted octanol–water partition coefficient (Wildman–Crippen LogP) is 2.37. The van der Waals surface area contributed by atoms with Crippen LogP contribution in [0.25, 0.3) is 0 Å². The second-order valence-electron chi connectivity index (χ2n) is 5.52. The summed E-state index contributed by atoms with van der Waals surface area (Å²) in [5, 5.41) is 14.8. The van der Waals surface area contributed by atoms with E-state index in [1.54, 1.807) is 19.9 Å². The monoisotopic (exact) mass is 303 g/mol. The third kappa shape index (κ3) is 2.76. The summed E-state index contributed by atoms with van der Waals surface area (Å²) in [7, 11) is 0. The van der Waals surface area contributed by atoms with Gasteiger partial charge in [-0.05, 0) is 25.8 Å². The molecule has 1 saturated heterocycles. The van der Waals surface area contributed by atoms with Crippen molar-refractivity contribution in [2.24, 2.45) is 0 Å². The van der Waals surface area contributed by atoms with Crippen LogP contribution in [-0.4, -0.2) is 33.1 Å². The maximum atomic E-state index is 10.8. The van der Waals surface area contributed by atoms with Crippen LogP contribution < -0.4 is 4.90 Å². The number of piperidine rings is 1. The van der Waals surface area contributed by atoms with Crippen molar-refractivity contribution in [3.8, 4) is 0 Å². The Morgan fingerprint density at radius 3 is 2.64 bits per heavy atom. The Morgan fingerprint density at radius 2 is 2.09 bits per heavy atom. The molecule has 0 saturated carbocycles. The number of anilines is 1. The van der Waals surface area contributed by atoms with Gasteiger partial charge in [0, 0.05) is 31.5 Å². The lowest BCUT2D eigenvalue weighted by atomic mass is 9.96. The van der Waals surface area contributed by atoms with E-state index in [-0.39, 0.29) is 5.69 Å². The SMILES string of the molecule is Cc1nc(C2CCN(c3cc(C)c([N+](=O)[O-])cn3)CC2)no1. The molecule has 0 amide bonds. The molecule has 0 atom stereocenters. The summed E-state index contributed by atoms with van der Waals surface area (Å²) in [4.78, 5) is 21.1. The van der Waals surface area contributed by atoms with E-state index in [1.807, 2.05) is 0 Å². The Morgan fingerprint density at radius 1 is 1.36 bits per heavy atom. The molecule has 8 nitrogen and oxygen atoms in total. The number of pyridine rings is 1. The predicted molar refractivity (Wildman–Crippen MR) is 78.9 cm³/mol. The summed E-state index contributed by atoms with van der Waals surface area (Å²) < 4.78 is 5.03. The van der Waals surface area contributed by atoms with Crippen LogP contribution in [0.5, 0.6) is 0 Å². The van der Waals surface area contributed by atoms with E-state index >= 15 is 0 Å². The molecule has 0 aliphatic carbocycles. The van der Waals surface area contributed by atoms with E-state index in [0.717, 1.165) is 37.6 Å². The highest BCUT2D eigenvalue weighted by molar-refractivity contribution is 5.48. The van der Waals surface area contributed by atoms with Crippen molar-refractivity contribution in [2.45, 2.75) is 32.6 Å². The first kappa shape index (κ1) is 14.4. The zero-order chi connectivity index (χ0) is 15.7. The molecular formula is C14H17N5O3. The molecule has 0 unspecified atom stereocenters. The number of nitro groups is 1. The molecule has 22 heavy (non-hydrogen) atoms. The molecule has 2 aromatic rings. The quantitative estimate of drug-likeness (QED) is 0.634. The molecule has 3 heterocycles. The summed E-state index contributed by atoms with van der Waals surface area (Å²) in [6, 6.07) is 1.77. The fourth-order valence-corrected chi connectivity index (χ4v) is 2.75. The van der Waals surface area contributed by atoms with Crippen LogP contribution >= 0.6 is 0 Å². The Labute approximate surface area is 127 Å². The van der Waals surface area contributed by atoms with E-state index in [4.69, 9.17) is 4.52 Å². The standard InChI is InChI=1S/C14H17N5O3/c1-9-7-13(15-8-12(9)19(20)21)18-5-3-11(4-6-18)14-16-10(2)22-17-14/h7-8,11H,3-6H2,1-2H3. The van der Waals surface area contributed by atoms with Crippen LogP contribution in [0.15, 0.2) is 16.8 Å². The summed E-state index contributed by atoms with van der Waals surface area (Å²) >= 11 is 0. The van der Waals surface area contributed by atoms with Crippen molar-refractivity contribution in [2.75, 3.05) is 18.0 Å². The summed E-state index contributed by atoms with van der Waals surface area (Å²) in [6.45, 7) is 5.17. The molecule has 1 aliphatic rings. The first-order valence-electron chi connectivity index (χ1n) is 7.21. The van der Waals surface area contributed by atoms with Gasteiger partial charge in [-0.25, -0.2) is 4.98 Å². The average molecular weight is 303 g/mol. The van der Waals surface area contributed by atoms with Gasteiger partial charge in [-0.15, -0.1) is 0 Å². The molecule has 116 valence electrons. The summed E-state index contributed by atoms with van der Waals surface area (Å²) in [5.41, 5.74) is 0.687. The molecule has 1 fully saturated rings. The lowest BCUT2D eigenvalue weighted by Crippen LogP contribution is -2.33. The molecule has 3 rings (SSSR count). The molecule has 0 radical (unpaired) electrons. The lowest BCUT2D eigenvalue weighted by Gasteiger charge is -2.31. The van der Waals surface area contributed by atoms with Crippen LogP contribution in [0.3, 0.4) is 0 Å². The van der Waals surface area contributed by atoms with E-state index in [1.165, 1.54) is 6.20 Å². The minimum atomic E-state index is -0.406. The number of nitrogens with zero attached hydrogens (tertiary/aromatic N) is 5. The highest BCUT2D eigenvalue weighted by atomic mass is 16.6. The Hall–Kier alpha value is -2.51. The maximum absolute atomic E-state index is 10.8. The van der Waals surface area contributed by atoms with Crippen LogP contribution in [0.1, 0.15) is 36.0 Å². The van der Waals surface area contributed by atoms with Crippen molar-refractivity contribution in [1.29, 1.82) is 0 Å². The van der Waals surface area contributed by atoms with Crippen molar-refractivity contribution in [1.82, 2.24) is 15.1 Å². The number of aromatic nitrogens is 3. The van der Waals surface area contributed by atoms with Gasteiger partial charge in [-0.3, -0.25) is 10.1 Å². The Bertz CT molecular complexity index is 692. The minimum absolute atomic E-state index is 0.0564. The van der Waals surface area contributed by atoms with Gasteiger partial charge in [0.2, 0.25) is 5.89 Å². The van der Waals surface area contributed by atoms with Gasteiger partial charge in [-0.2, -0.15) is 4.98 Å². The zero-order valence-electron chi connectivity index (χ0n) is 12.5. The molecule has 1 aliphatic heterocycles. The van der Waals surface area contributed by atoms with E-state index < -0.39 is 4.92 Å². The minimum Gasteiger partial charge on any atom is -0.357 e. The highest BCUT2D eigenvalue weighted by Crippen LogP contribution is 2.29. The third-order valence-corrected chi connectivity index (χ3v) is 3.99. The van der Waals surface area contributed by atoms with Crippen molar-refractivity contribution in [3.63, 3.8) is 0 Å². The first-order valence-corrected chi connectivity index (χ1v) is 7.21. The fraction of sp³-hybridized carbons (Fsp3) is 0.500. The molecular weight excluding hydrogens is 286 g/mol. The first-order chi connectivity index (χ1) is 10.5. The van der Waals surface area contributed by atoms with Gasteiger partial charge in [-0.1, -0.05) is 5.16 Å². The third-order valence-electron chi connectivity index (χ3n) is 3.99. The number of aryl methyl sites for hydroxylation is 2. The number of hydrogen-bond acceptors (Lipinski definition) is 7. The average Bonchev–Trinajstić information content (AvgIpc) is 2.93.